The van der Waals surface area contributed by atoms with Gasteiger partial charge in [-0.3, -0.25) is 4.57 Å². The number of sulfonamides is 1. The van der Waals surface area contributed by atoms with Crippen molar-refractivity contribution in [2.24, 2.45) is 7.05 Å². The third kappa shape index (κ3) is 5.04. The fraction of sp³-hybridized carbons (Fsp3) is 0.500. The monoisotopic (exact) mass is 615 g/mol. The Balaban J connectivity index is 1.73. The van der Waals surface area contributed by atoms with Crippen LogP contribution in [0.2, 0.25) is 0 Å². The molecule has 0 unspecified atom stereocenters. The SMILES string of the molecule is C[C@@H]1C=C(c2cc(S(=O)(=O)NC3(CF)COC3)cc3c2n(C)c(=O)n3-c2nnc(C(F)F)s2)CCN1C(=O)N(C)C. The molecular formula is C24H28F3N7O5S2. The van der Waals surface area contributed by atoms with Crippen molar-refractivity contribution < 1.29 is 31.1 Å². The summed E-state index contributed by atoms with van der Waals surface area (Å²) in [5, 5.41) is 6.47. The van der Waals surface area contributed by atoms with Gasteiger partial charge in [-0.25, -0.2) is 35.7 Å². The molecule has 0 spiro atoms. The van der Waals surface area contributed by atoms with Crippen molar-refractivity contribution in [3.8, 4) is 5.13 Å². The number of alkyl halides is 3. The fourth-order valence-corrected chi connectivity index (χ4v) is 7.08. The highest BCUT2D eigenvalue weighted by atomic mass is 32.2. The Labute approximate surface area is 237 Å². The number of carbonyl (C=O) groups is 1. The Morgan fingerprint density at radius 3 is 2.54 bits per heavy atom. The molecule has 0 bridgehead atoms. The molecule has 41 heavy (non-hydrogen) atoms. The molecule has 2 amide bonds. The van der Waals surface area contributed by atoms with Gasteiger partial charge in [0.05, 0.1) is 29.1 Å². The van der Waals surface area contributed by atoms with Crippen LogP contribution in [-0.2, 0) is 21.8 Å². The normalized spacial score (nSPS) is 19.0. The number of aryl methyl sites for hydroxylation is 1. The molecule has 4 heterocycles. The number of aromatic nitrogens is 4. The molecule has 1 saturated heterocycles. The summed E-state index contributed by atoms with van der Waals surface area (Å²) >= 11 is 0.507. The number of nitrogens with one attached hydrogen (secondary N) is 1. The van der Waals surface area contributed by atoms with Gasteiger partial charge in [0, 0.05) is 39.3 Å². The van der Waals surface area contributed by atoms with Gasteiger partial charge in [-0.05, 0) is 31.1 Å². The zero-order chi connectivity index (χ0) is 29.9. The highest BCUT2D eigenvalue weighted by molar-refractivity contribution is 7.89. The number of hydrogen-bond acceptors (Lipinski definition) is 8. The molecule has 2 aromatic heterocycles. The average molecular weight is 616 g/mol. The zero-order valence-electron chi connectivity index (χ0n) is 22.6. The number of hydrogen-bond donors (Lipinski definition) is 1. The highest BCUT2D eigenvalue weighted by Gasteiger charge is 2.43. The molecule has 0 radical (unpaired) electrons. The molecule has 3 aromatic rings. The molecule has 0 saturated carbocycles. The molecule has 2 aliphatic heterocycles. The van der Waals surface area contributed by atoms with Crippen LogP contribution < -0.4 is 10.4 Å². The van der Waals surface area contributed by atoms with Crippen molar-refractivity contribution in [3.05, 3.63) is 39.3 Å². The second-order valence-electron chi connectivity index (χ2n) is 10.3. The lowest BCUT2D eigenvalue weighted by molar-refractivity contribution is -0.0725. The summed E-state index contributed by atoms with van der Waals surface area (Å²) in [7, 11) is 0.409. The minimum Gasteiger partial charge on any atom is -0.377 e. The van der Waals surface area contributed by atoms with Crippen LogP contribution in [-0.4, -0.2) is 95.7 Å². The van der Waals surface area contributed by atoms with Crippen LogP contribution in [0.3, 0.4) is 0 Å². The van der Waals surface area contributed by atoms with E-state index in [0.717, 1.165) is 4.57 Å². The maximum atomic E-state index is 13.8. The number of rotatable bonds is 7. The van der Waals surface area contributed by atoms with Crippen LogP contribution in [0.15, 0.2) is 27.9 Å². The highest BCUT2D eigenvalue weighted by Crippen LogP contribution is 2.35. The summed E-state index contributed by atoms with van der Waals surface area (Å²) in [6, 6.07) is 2.07. The van der Waals surface area contributed by atoms with Gasteiger partial charge >= 0.3 is 11.7 Å². The summed E-state index contributed by atoms with van der Waals surface area (Å²) in [6.07, 6.45) is -0.759. The number of urea groups is 1. The maximum Gasteiger partial charge on any atom is 0.335 e. The summed E-state index contributed by atoms with van der Waals surface area (Å²) < 4.78 is 77.3. The summed E-state index contributed by atoms with van der Waals surface area (Å²) in [5.74, 6) is 0. The predicted molar refractivity (Wildman–Crippen MR) is 145 cm³/mol. The third-order valence-electron chi connectivity index (χ3n) is 7.13. The van der Waals surface area contributed by atoms with Crippen molar-refractivity contribution in [2.75, 3.05) is 40.5 Å². The zero-order valence-corrected chi connectivity index (χ0v) is 24.2. The summed E-state index contributed by atoms with van der Waals surface area (Å²) in [6.45, 7) is 0.864. The molecule has 1 aromatic carbocycles. The first kappa shape index (κ1) is 29.2. The molecule has 17 heteroatoms. The van der Waals surface area contributed by atoms with E-state index < -0.39 is 39.4 Å². The molecule has 1 fully saturated rings. The number of carbonyl (C=O) groups excluding carboxylic acids is 1. The van der Waals surface area contributed by atoms with Gasteiger partial charge in [-0.2, -0.15) is 4.72 Å². The number of benzene rings is 1. The maximum absolute atomic E-state index is 13.8. The van der Waals surface area contributed by atoms with Gasteiger partial charge in [0.2, 0.25) is 15.2 Å². The smallest absolute Gasteiger partial charge is 0.335 e. The first-order valence-corrected chi connectivity index (χ1v) is 14.8. The number of halogens is 3. The topological polar surface area (TPSA) is 132 Å². The second kappa shape index (κ2) is 10.5. The van der Waals surface area contributed by atoms with Crippen LogP contribution in [0.5, 0.6) is 0 Å². The van der Waals surface area contributed by atoms with Crippen molar-refractivity contribution in [3.63, 3.8) is 0 Å². The van der Waals surface area contributed by atoms with E-state index in [9.17, 15) is 31.2 Å². The first-order valence-electron chi connectivity index (χ1n) is 12.5. The van der Waals surface area contributed by atoms with Gasteiger partial charge in [0.15, 0.2) is 5.01 Å². The summed E-state index contributed by atoms with van der Waals surface area (Å²) in [4.78, 5) is 28.9. The van der Waals surface area contributed by atoms with E-state index in [1.807, 2.05) is 13.0 Å². The van der Waals surface area contributed by atoms with Crippen LogP contribution >= 0.6 is 11.3 Å². The van der Waals surface area contributed by atoms with Crippen molar-refractivity contribution in [1.82, 2.24) is 33.9 Å². The Morgan fingerprint density at radius 2 is 2.00 bits per heavy atom. The Kier molecular flexibility index (Phi) is 7.50. The van der Waals surface area contributed by atoms with E-state index in [-0.39, 0.29) is 40.8 Å². The lowest BCUT2D eigenvalue weighted by atomic mass is 9.95. The molecule has 1 N–H and O–H groups in total. The largest absolute Gasteiger partial charge is 0.377 e. The number of fused-ring (bicyclic) bond motifs is 1. The van der Waals surface area contributed by atoms with Gasteiger partial charge in [0.1, 0.15) is 12.2 Å². The molecule has 12 nitrogen and oxygen atoms in total. The third-order valence-corrected chi connectivity index (χ3v) is 9.60. The Morgan fingerprint density at radius 1 is 1.29 bits per heavy atom. The van der Waals surface area contributed by atoms with E-state index in [4.69, 9.17) is 4.74 Å². The van der Waals surface area contributed by atoms with E-state index in [2.05, 4.69) is 14.9 Å². The van der Waals surface area contributed by atoms with Crippen LogP contribution in [0.4, 0.5) is 18.0 Å². The number of imidazole rings is 1. The van der Waals surface area contributed by atoms with Crippen LogP contribution in [0, 0.1) is 0 Å². The minimum absolute atomic E-state index is 0.0897. The van der Waals surface area contributed by atoms with Gasteiger partial charge < -0.3 is 14.5 Å². The molecular weight excluding hydrogens is 587 g/mol. The van der Waals surface area contributed by atoms with Crippen LogP contribution in [0.1, 0.15) is 30.3 Å². The van der Waals surface area contributed by atoms with Crippen LogP contribution in [0.25, 0.3) is 21.7 Å². The molecule has 0 aliphatic carbocycles. The second-order valence-corrected chi connectivity index (χ2v) is 13.0. The average Bonchev–Trinajstić information content (AvgIpc) is 3.48. The Bertz CT molecular complexity index is 1700. The number of ether oxygens (including phenoxy) is 1. The number of amides is 2. The van der Waals surface area contributed by atoms with E-state index in [1.54, 1.807) is 19.0 Å². The minimum atomic E-state index is -4.35. The number of nitrogens with zero attached hydrogens (tertiary/aromatic N) is 6. The van der Waals surface area contributed by atoms with Gasteiger partial charge in [-0.1, -0.05) is 17.4 Å². The molecule has 1 atom stereocenters. The van der Waals surface area contributed by atoms with Crippen molar-refractivity contribution in [2.45, 2.75) is 36.2 Å². The Hall–Kier alpha value is -3.28. The van der Waals surface area contributed by atoms with Crippen molar-refractivity contribution in [1.29, 1.82) is 0 Å². The quantitative estimate of drug-likeness (QED) is 0.432. The summed E-state index contributed by atoms with van der Waals surface area (Å²) in [5.41, 5.74) is -0.577. The molecule has 222 valence electrons. The molecule has 2 aliphatic rings. The standard InChI is InChI=1S/C24H28F3N7O5S2/c1-13-7-14(5-6-33(13)22(35)31(2)3)16-8-15(41(37,38)30-24(10-25)11-39-12-24)9-17-18(16)32(4)23(36)34(17)21-29-28-20(40-21)19(26)27/h7-9,13,19,30H,5-6,10-12H2,1-4H3/t13-/m1/s1. The lowest BCUT2D eigenvalue weighted by Gasteiger charge is -2.39. The van der Waals surface area contributed by atoms with Gasteiger partial charge in [0.25, 0.3) is 6.43 Å². The predicted octanol–water partition coefficient (Wildman–Crippen LogP) is 2.29. The van der Waals surface area contributed by atoms with E-state index >= 15 is 0 Å². The first-order chi connectivity index (χ1) is 19.3. The molecule has 5 rings (SSSR count). The van der Waals surface area contributed by atoms with Crippen molar-refractivity contribution >= 4 is 44.0 Å². The fourth-order valence-electron chi connectivity index (χ4n) is 4.97. The van der Waals surface area contributed by atoms with E-state index in [0.29, 0.717) is 41.0 Å². The van der Waals surface area contributed by atoms with Gasteiger partial charge in [-0.15, -0.1) is 10.2 Å². The lowest BCUT2D eigenvalue weighted by Crippen LogP contribution is -2.63. The van der Waals surface area contributed by atoms with E-state index in [1.165, 1.54) is 28.6 Å².